The van der Waals surface area contributed by atoms with Gasteiger partial charge in [-0.25, -0.2) is 0 Å². The zero-order chi connectivity index (χ0) is 8.84. The van der Waals surface area contributed by atoms with Crippen molar-refractivity contribution in [3.05, 3.63) is 11.6 Å². The smallest absolute Gasteiger partial charge is 0.136 e. The maximum atomic E-state index is 5.92. The fourth-order valence-corrected chi connectivity index (χ4v) is 2.02. The summed E-state index contributed by atoms with van der Waals surface area (Å²) in [7, 11) is 0. The fraction of sp³-hybridized carbons (Fsp3) is 0.778. The van der Waals surface area contributed by atoms with Crippen LogP contribution >= 0.6 is 0 Å². The Bertz CT molecular complexity index is 326. The second-order valence-corrected chi connectivity index (χ2v) is 4.16. The van der Waals surface area contributed by atoms with Gasteiger partial charge in [0.2, 0.25) is 0 Å². The van der Waals surface area contributed by atoms with E-state index in [0.29, 0.717) is 12.0 Å². The Morgan fingerprint density at radius 1 is 1.23 bits per heavy atom. The van der Waals surface area contributed by atoms with Gasteiger partial charge >= 0.3 is 0 Å². The van der Waals surface area contributed by atoms with E-state index in [4.69, 9.17) is 5.73 Å². The summed E-state index contributed by atoms with van der Waals surface area (Å²) in [6.07, 6.45) is 4.63. The first-order valence-corrected chi connectivity index (χ1v) is 5.02. The van der Waals surface area contributed by atoms with Crippen molar-refractivity contribution < 1.29 is 0 Å². The summed E-state index contributed by atoms with van der Waals surface area (Å²) in [6.45, 7) is 0.925. The van der Waals surface area contributed by atoms with Gasteiger partial charge < -0.3 is 10.3 Å². The van der Waals surface area contributed by atoms with Crippen molar-refractivity contribution >= 4 is 0 Å². The number of nitrogens with zero attached hydrogens (tertiary/aromatic N) is 3. The SMILES string of the molecule is NC1CCc2nnc(C3CC3)n2C1. The largest absolute Gasteiger partial charge is 0.326 e. The van der Waals surface area contributed by atoms with E-state index >= 15 is 0 Å². The van der Waals surface area contributed by atoms with Gasteiger partial charge in [0, 0.05) is 24.9 Å². The quantitative estimate of drug-likeness (QED) is 0.678. The predicted octanol–water partition coefficient (Wildman–Crippen LogP) is 0.429. The topological polar surface area (TPSA) is 56.7 Å². The third kappa shape index (κ3) is 1.16. The van der Waals surface area contributed by atoms with E-state index in [1.165, 1.54) is 18.7 Å². The van der Waals surface area contributed by atoms with Crippen LogP contribution in [0.4, 0.5) is 0 Å². The first kappa shape index (κ1) is 7.50. The van der Waals surface area contributed by atoms with E-state index in [1.807, 2.05) is 0 Å². The molecular weight excluding hydrogens is 164 g/mol. The summed E-state index contributed by atoms with van der Waals surface area (Å²) < 4.78 is 2.24. The number of hydrogen-bond acceptors (Lipinski definition) is 3. The molecule has 1 atom stereocenters. The van der Waals surface area contributed by atoms with Crippen LogP contribution in [0.2, 0.25) is 0 Å². The molecule has 0 aromatic carbocycles. The van der Waals surface area contributed by atoms with Gasteiger partial charge in [-0.15, -0.1) is 10.2 Å². The molecule has 70 valence electrons. The van der Waals surface area contributed by atoms with Gasteiger partial charge in [-0.1, -0.05) is 0 Å². The number of aromatic nitrogens is 3. The van der Waals surface area contributed by atoms with Gasteiger partial charge in [-0.2, -0.15) is 0 Å². The Morgan fingerprint density at radius 2 is 2.08 bits per heavy atom. The maximum absolute atomic E-state index is 5.92. The molecule has 1 aromatic rings. The minimum atomic E-state index is 0.306. The Hall–Kier alpha value is -0.900. The lowest BCUT2D eigenvalue weighted by Crippen LogP contribution is -2.32. The van der Waals surface area contributed by atoms with Crippen LogP contribution in [0.1, 0.15) is 36.8 Å². The van der Waals surface area contributed by atoms with E-state index in [2.05, 4.69) is 14.8 Å². The molecular formula is C9H14N4. The first-order chi connectivity index (χ1) is 6.34. The van der Waals surface area contributed by atoms with Gasteiger partial charge in [0.15, 0.2) is 0 Å². The average molecular weight is 178 g/mol. The van der Waals surface area contributed by atoms with Crippen LogP contribution < -0.4 is 5.73 Å². The Kier molecular flexibility index (Phi) is 1.47. The van der Waals surface area contributed by atoms with E-state index in [-0.39, 0.29) is 0 Å². The Morgan fingerprint density at radius 3 is 2.85 bits per heavy atom. The van der Waals surface area contributed by atoms with Crippen molar-refractivity contribution in [1.82, 2.24) is 14.8 Å². The molecule has 1 aliphatic heterocycles. The molecule has 1 aliphatic carbocycles. The Balaban J connectivity index is 1.99. The molecule has 1 aromatic heterocycles. The van der Waals surface area contributed by atoms with Crippen LogP contribution in [0.25, 0.3) is 0 Å². The van der Waals surface area contributed by atoms with Crippen LogP contribution in [0.15, 0.2) is 0 Å². The zero-order valence-electron chi connectivity index (χ0n) is 7.61. The monoisotopic (exact) mass is 178 g/mol. The molecule has 2 N–H and O–H groups in total. The molecule has 0 amide bonds. The van der Waals surface area contributed by atoms with Crippen LogP contribution in [-0.4, -0.2) is 20.8 Å². The fourth-order valence-electron chi connectivity index (χ4n) is 2.02. The van der Waals surface area contributed by atoms with Crippen molar-refractivity contribution in [2.24, 2.45) is 5.73 Å². The highest BCUT2D eigenvalue weighted by molar-refractivity contribution is 5.10. The van der Waals surface area contributed by atoms with Gasteiger partial charge in [-0.3, -0.25) is 0 Å². The zero-order valence-corrected chi connectivity index (χ0v) is 7.61. The van der Waals surface area contributed by atoms with E-state index in [9.17, 15) is 0 Å². The molecule has 0 bridgehead atoms. The van der Waals surface area contributed by atoms with Crippen molar-refractivity contribution in [3.63, 3.8) is 0 Å². The first-order valence-electron chi connectivity index (χ1n) is 5.02. The molecule has 3 rings (SSSR count). The number of nitrogens with two attached hydrogens (primary N) is 1. The van der Waals surface area contributed by atoms with Crippen LogP contribution in [0, 0.1) is 0 Å². The number of aryl methyl sites for hydroxylation is 1. The van der Waals surface area contributed by atoms with Crippen molar-refractivity contribution in [1.29, 1.82) is 0 Å². The summed E-state index contributed by atoms with van der Waals surface area (Å²) in [6, 6.07) is 0.306. The standard InChI is InChI=1S/C9H14N4/c10-7-3-4-8-11-12-9(6-1-2-6)13(8)5-7/h6-7H,1-5,10H2. The molecule has 0 spiro atoms. The van der Waals surface area contributed by atoms with Crippen LogP contribution in [0.3, 0.4) is 0 Å². The van der Waals surface area contributed by atoms with Gasteiger partial charge in [0.25, 0.3) is 0 Å². The van der Waals surface area contributed by atoms with E-state index < -0.39 is 0 Å². The van der Waals surface area contributed by atoms with Crippen LogP contribution in [-0.2, 0) is 13.0 Å². The minimum Gasteiger partial charge on any atom is -0.326 e. The second-order valence-electron chi connectivity index (χ2n) is 4.16. The molecule has 0 saturated heterocycles. The van der Waals surface area contributed by atoms with E-state index in [0.717, 1.165) is 25.2 Å². The third-order valence-corrected chi connectivity index (χ3v) is 2.95. The van der Waals surface area contributed by atoms with Gasteiger partial charge in [0.05, 0.1) is 0 Å². The summed E-state index contributed by atoms with van der Waals surface area (Å²) in [5, 5.41) is 8.46. The van der Waals surface area contributed by atoms with Gasteiger partial charge in [0.1, 0.15) is 11.6 Å². The molecule has 2 aliphatic rings. The van der Waals surface area contributed by atoms with Gasteiger partial charge in [-0.05, 0) is 19.3 Å². The molecule has 1 unspecified atom stereocenters. The van der Waals surface area contributed by atoms with Crippen molar-refractivity contribution in [2.75, 3.05) is 0 Å². The lowest BCUT2D eigenvalue weighted by Gasteiger charge is -2.20. The number of fused-ring (bicyclic) bond motifs is 1. The minimum absolute atomic E-state index is 0.306. The highest BCUT2D eigenvalue weighted by Crippen LogP contribution is 2.39. The number of hydrogen-bond donors (Lipinski definition) is 1. The molecule has 2 heterocycles. The predicted molar refractivity (Wildman–Crippen MR) is 48.3 cm³/mol. The summed E-state index contributed by atoms with van der Waals surface area (Å²) >= 11 is 0. The highest BCUT2D eigenvalue weighted by Gasteiger charge is 2.31. The molecule has 0 radical (unpaired) electrons. The average Bonchev–Trinajstić information content (AvgIpc) is 2.87. The third-order valence-electron chi connectivity index (χ3n) is 2.95. The lowest BCUT2D eigenvalue weighted by atomic mass is 10.1. The summed E-state index contributed by atoms with van der Waals surface area (Å²) in [4.78, 5) is 0. The molecule has 4 nitrogen and oxygen atoms in total. The second kappa shape index (κ2) is 2.54. The Labute approximate surface area is 77.1 Å². The molecule has 13 heavy (non-hydrogen) atoms. The normalized spacial score (nSPS) is 27.3. The maximum Gasteiger partial charge on any atom is 0.136 e. The van der Waals surface area contributed by atoms with Crippen LogP contribution in [0.5, 0.6) is 0 Å². The molecule has 1 fully saturated rings. The summed E-state index contributed by atoms with van der Waals surface area (Å²) in [5.74, 6) is 3.01. The van der Waals surface area contributed by atoms with Crippen molar-refractivity contribution in [3.8, 4) is 0 Å². The lowest BCUT2D eigenvalue weighted by molar-refractivity contribution is 0.443. The molecule has 4 heteroatoms. The molecule has 1 saturated carbocycles. The van der Waals surface area contributed by atoms with Crippen molar-refractivity contribution in [2.45, 2.75) is 44.2 Å². The summed E-state index contributed by atoms with van der Waals surface area (Å²) in [5.41, 5.74) is 5.92. The number of rotatable bonds is 1. The van der Waals surface area contributed by atoms with E-state index in [1.54, 1.807) is 0 Å². The highest BCUT2D eigenvalue weighted by atomic mass is 15.3.